The Morgan fingerprint density at radius 3 is 1.89 bits per heavy atom. The third kappa shape index (κ3) is 10.5. The van der Waals surface area contributed by atoms with E-state index < -0.39 is 0 Å². The predicted molar refractivity (Wildman–Crippen MR) is 144 cm³/mol. The summed E-state index contributed by atoms with van der Waals surface area (Å²) in [4.78, 5) is 0. The van der Waals surface area contributed by atoms with E-state index in [4.69, 9.17) is 0 Å². The van der Waals surface area contributed by atoms with Gasteiger partial charge < -0.3 is 24.8 Å². The molecule has 2 aromatic rings. The standard InChI is InChI=1S/C21H25.C6H7.C4H10Si.2ClH.Zr/c1-20(2,3)16-7-9-18-14(12-16)11-15-13-17(21(4,5)6)8-10-19(15)18;1-6-4-2-3-5-6;1-3-5-4-2;;;/h7-10,12H,11H2,1-6H3;2,4H,3H2,1H3;3-4H2,1-2H3;2*1H;/q2*-1;;;;+2/p-2. The third-order valence-electron chi connectivity index (χ3n) is 6.18. The van der Waals surface area contributed by atoms with Gasteiger partial charge in [-0.2, -0.15) is 29.8 Å². The molecule has 0 bridgehead atoms. The molecule has 4 rings (SSSR count). The van der Waals surface area contributed by atoms with Crippen molar-refractivity contribution in [3.05, 3.63) is 82.5 Å². The van der Waals surface area contributed by atoms with Crippen molar-refractivity contribution in [3.8, 4) is 11.1 Å². The second-order valence-electron chi connectivity index (χ2n) is 11.1. The zero-order chi connectivity index (χ0) is 24.8. The van der Waals surface area contributed by atoms with Crippen LogP contribution in [0.5, 0.6) is 0 Å². The van der Waals surface area contributed by atoms with Gasteiger partial charge in [0.15, 0.2) is 0 Å². The van der Waals surface area contributed by atoms with Gasteiger partial charge in [-0.25, -0.2) is 11.6 Å². The Balaban J connectivity index is 0.000000688. The van der Waals surface area contributed by atoms with E-state index in [0.29, 0.717) is 0 Å². The molecule has 190 valence electrons. The molecule has 2 aromatic carbocycles. The van der Waals surface area contributed by atoms with E-state index >= 15 is 0 Å². The molecule has 0 aliphatic heterocycles. The van der Waals surface area contributed by atoms with Gasteiger partial charge in [0.25, 0.3) is 0 Å². The number of benzene rings is 2. The fourth-order valence-corrected chi connectivity index (χ4v) is 4.29. The summed E-state index contributed by atoms with van der Waals surface area (Å²) >= 11 is 1.80. The van der Waals surface area contributed by atoms with Crippen LogP contribution in [0.25, 0.3) is 11.1 Å². The van der Waals surface area contributed by atoms with E-state index in [-0.39, 0.29) is 41.1 Å². The molecule has 0 amide bonds. The summed E-state index contributed by atoms with van der Waals surface area (Å²) in [5.41, 5.74) is 10.2. The second kappa shape index (κ2) is 15.1. The maximum atomic E-state index is 3.67. The molecular weight excluding hydrogens is 563 g/mol. The summed E-state index contributed by atoms with van der Waals surface area (Å²) in [5, 5.41) is 0. The van der Waals surface area contributed by atoms with Crippen molar-refractivity contribution >= 4 is 5.43 Å². The molecule has 0 nitrogen and oxygen atoms in total. The van der Waals surface area contributed by atoms with Crippen LogP contribution in [0.2, 0.25) is 12.1 Å². The molecule has 0 N–H and O–H groups in total. The molecule has 0 fully saturated rings. The monoisotopic (exact) mass is 602 g/mol. The van der Waals surface area contributed by atoms with Crippen LogP contribution in [0.3, 0.4) is 0 Å². The Kier molecular flexibility index (Phi) is 14.9. The van der Waals surface area contributed by atoms with Gasteiger partial charge in [0.1, 0.15) is 0 Å². The number of hydrogen-bond donors (Lipinski definition) is 0. The van der Waals surface area contributed by atoms with Gasteiger partial charge in [0.05, 0.1) is 0 Å². The SMILES string of the molecule is CC(C)(C)c1[c-]c2c(cc1)-c1ccc(C(C)(C)C)cc1C2.CC1=[C-]CC=C1.CC[Si](=[Zr+2])CC.[Cl-].[Cl-]. The average molecular weight is 605 g/mol. The summed E-state index contributed by atoms with van der Waals surface area (Å²) in [6.07, 6.45) is 9.36. The smallest absolute Gasteiger partial charge is 1.00 e. The molecule has 0 unspecified atom stereocenters. The summed E-state index contributed by atoms with van der Waals surface area (Å²) in [6.45, 7) is 20.3. The number of hydrogen-bond acceptors (Lipinski definition) is 0. The fourth-order valence-electron chi connectivity index (χ4n) is 3.79. The summed E-state index contributed by atoms with van der Waals surface area (Å²) < 4.78 is 0. The number of rotatable bonds is 2. The minimum Gasteiger partial charge on any atom is -1.00 e. The van der Waals surface area contributed by atoms with Crippen LogP contribution in [-0.4, -0.2) is 5.43 Å². The van der Waals surface area contributed by atoms with Crippen molar-refractivity contribution in [3.63, 3.8) is 0 Å². The first-order valence-corrected chi connectivity index (χ1v) is 18.0. The first kappa shape index (κ1) is 34.6. The first-order chi connectivity index (χ1) is 15.4. The number of halogens is 2. The second-order valence-corrected chi connectivity index (χ2v) is 18.9. The molecule has 0 radical (unpaired) electrons. The fraction of sp³-hybridized carbons (Fsp3) is 0.484. The molecule has 0 atom stereocenters. The van der Waals surface area contributed by atoms with Gasteiger partial charge in [-0.15, -0.1) is 17.5 Å². The average Bonchev–Trinajstić information content (AvgIpc) is 3.38. The van der Waals surface area contributed by atoms with E-state index in [1.54, 1.807) is 23.3 Å². The minimum absolute atomic E-state index is 0. The topological polar surface area (TPSA) is 0 Å². The van der Waals surface area contributed by atoms with E-state index in [9.17, 15) is 0 Å². The molecule has 0 saturated carbocycles. The molecule has 0 aromatic heterocycles. The van der Waals surface area contributed by atoms with E-state index in [0.717, 1.165) is 12.8 Å². The van der Waals surface area contributed by atoms with E-state index in [1.165, 1.54) is 51.0 Å². The van der Waals surface area contributed by atoms with Crippen LogP contribution >= 0.6 is 0 Å². The van der Waals surface area contributed by atoms with Gasteiger partial charge in [0, 0.05) is 0 Å². The van der Waals surface area contributed by atoms with Gasteiger partial charge in [-0.05, 0) is 28.4 Å². The zero-order valence-electron chi connectivity index (χ0n) is 23.1. The Bertz CT molecular complexity index is 967. The number of allylic oxidation sites excluding steroid dienone is 4. The molecule has 0 saturated heterocycles. The molecule has 0 heterocycles. The minimum atomic E-state index is 0. The Morgan fingerprint density at radius 2 is 1.49 bits per heavy atom. The van der Waals surface area contributed by atoms with Crippen LogP contribution in [-0.2, 0) is 40.6 Å². The summed E-state index contributed by atoms with van der Waals surface area (Å²) in [7, 11) is 0. The Morgan fingerprint density at radius 1 is 0.886 bits per heavy atom. The third-order valence-corrected chi connectivity index (χ3v) is 13.1. The first-order valence-electron chi connectivity index (χ1n) is 12.4. The molecule has 2 aliphatic rings. The Hall–Kier alpha value is -0.400. The maximum Gasteiger partial charge on any atom is -1.00 e. The van der Waals surface area contributed by atoms with Gasteiger partial charge in [-0.3, -0.25) is 6.08 Å². The molecule has 0 spiro atoms. The van der Waals surface area contributed by atoms with E-state index in [1.807, 2.05) is 0 Å². The predicted octanol–water partition coefficient (Wildman–Crippen LogP) is 2.92. The molecule has 4 heteroatoms. The van der Waals surface area contributed by atoms with Crippen LogP contribution < -0.4 is 24.8 Å². The normalized spacial score (nSPS) is 13.1. The van der Waals surface area contributed by atoms with Gasteiger partial charge in [-0.1, -0.05) is 72.2 Å². The van der Waals surface area contributed by atoms with Crippen LogP contribution in [0.4, 0.5) is 0 Å². The largest absolute Gasteiger partial charge is 1.00 e. The van der Waals surface area contributed by atoms with Crippen LogP contribution in [0.15, 0.2) is 48.1 Å². The maximum absolute atomic E-state index is 3.67. The van der Waals surface area contributed by atoms with Crippen molar-refractivity contribution in [1.29, 1.82) is 0 Å². The number of fused-ring (bicyclic) bond motifs is 3. The molecular formula is C31H42Cl2SiZr-2. The Labute approximate surface area is 243 Å². The van der Waals surface area contributed by atoms with Crippen molar-refractivity contribution in [1.82, 2.24) is 0 Å². The summed E-state index contributed by atoms with van der Waals surface area (Å²) in [5.74, 6) is 0. The van der Waals surface area contributed by atoms with Gasteiger partial charge >= 0.3 is 54.7 Å². The van der Waals surface area contributed by atoms with Crippen molar-refractivity contribution < 1.29 is 48.1 Å². The van der Waals surface area contributed by atoms with Crippen molar-refractivity contribution in [2.45, 2.75) is 98.1 Å². The van der Waals surface area contributed by atoms with Gasteiger partial charge in [0.2, 0.25) is 0 Å². The quantitative estimate of drug-likeness (QED) is 0.312. The van der Waals surface area contributed by atoms with Crippen LogP contribution in [0.1, 0.15) is 91.0 Å². The summed E-state index contributed by atoms with van der Waals surface area (Å²) in [6, 6.07) is 18.1. The van der Waals surface area contributed by atoms with Crippen LogP contribution in [0, 0.1) is 12.1 Å². The zero-order valence-corrected chi connectivity index (χ0v) is 28.1. The van der Waals surface area contributed by atoms with E-state index in [2.05, 4.69) is 117 Å². The van der Waals surface area contributed by atoms with Crippen molar-refractivity contribution in [2.24, 2.45) is 0 Å². The van der Waals surface area contributed by atoms with Crippen molar-refractivity contribution in [2.75, 3.05) is 0 Å². The molecule has 2 aliphatic carbocycles. The molecule has 35 heavy (non-hydrogen) atoms.